The van der Waals surface area contributed by atoms with Crippen LogP contribution in [-0.2, 0) is 0 Å². The standard InChI is InChI=1S/C15H13FN4OS/c1-9-7-10(2)20-14(17-9)18-19-15(20)22-8-13(21)11-5-3-4-6-12(11)16/h3-7H,8H2,1-2H3. The van der Waals surface area contributed by atoms with Gasteiger partial charge in [-0.2, -0.15) is 0 Å². The predicted octanol–water partition coefficient (Wildman–Crippen LogP) is 2.86. The number of hydrogen-bond acceptors (Lipinski definition) is 5. The first-order chi connectivity index (χ1) is 10.6. The number of aromatic nitrogens is 4. The molecule has 0 aliphatic heterocycles. The molecule has 1 aromatic carbocycles. The van der Waals surface area contributed by atoms with Gasteiger partial charge in [0.1, 0.15) is 5.82 Å². The molecule has 22 heavy (non-hydrogen) atoms. The number of nitrogens with zero attached hydrogens (tertiary/aromatic N) is 4. The molecule has 7 heteroatoms. The third-order valence-electron chi connectivity index (χ3n) is 3.17. The van der Waals surface area contributed by atoms with E-state index in [0.29, 0.717) is 10.9 Å². The van der Waals surface area contributed by atoms with Gasteiger partial charge in [-0.1, -0.05) is 23.9 Å². The van der Waals surface area contributed by atoms with Crippen molar-refractivity contribution >= 4 is 23.3 Å². The molecule has 0 bridgehead atoms. The summed E-state index contributed by atoms with van der Waals surface area (Å²) in [6.07, 6.45) is 0. The van der Waals surface area contributed by atoms with Gasteiger partial charge in [0.25, 0.3) is 5.78 Å². The van der Waals surface area contributed by atoms with Gasteiger partial charge in [-0.3, -0.25) is 9.20 Å². The Balaban J connectivity index is 1.83. The van der Waals surface area contributed by atoms with Crippen LogP contribution in [0.2, 0.25) is 0 Å². The van der Waals surface area contributed by atoms with Crippen LogP contribution in [0, 0.1) is 19.7 Å². The lowest BCUT2D eigenvalue weighted by atomic mass is 10.1. The van der Waals surface area contributed by atoms with Crippen LogP contribution in [0.4, 0.5) is 4.39 Å². The Kier molecular flexibility index (Phi) is 3.89. The lowest BCUT2D eigenvalue weighted by molar-refractivity contribution is 0.101. The summed E-state index contributed by atoms with van der Waals surface area (Å²) >= 11 is 1.22. The van der Waals surface area contributed by atoms with E-state index >= 15 is 0 Å². The minimum atomic E-state index is -0.507. The monoisotopic (exact) mass is 316 g/mol. The van der Waals surface area contributed by atoms with Crippen molar-refractivity contribution in [3.63, 3.8) is 0 Å². The minimum absolute atomic E-state index is 0.0921. The molecule has 0 spiro atoms. The van der Waals surface area contributed by atoms with Gasteiger partial charge >= 0.3 is 0 Å². The number of carbonyl (C=O) groups is 1. The summed E-state index contributed by atoms with van der Waals surface area (Å²) in [5.41, 5.74) is 1.89. The Labute approximate surface area is 130 Å². The molecular weight excluding hydrogens is 303 g/mol. The summed E-state index contributed by atoms with van der Waals surface area (Å²) in [6, 6.07) is 7.88. The molecular formula is C15H13FN4OS. The van der Waals surface area contributed by atoms with Crippen LogP contribution < -0.4 is 0 Å². The quantitative estimate of drug-likeness (QED) is 0.547. The summed E-state index contributed by atoms with van der Waals surface area (Å²) in [5.74, 6) is -0.196. The highest BCUT2D eigenvalue weighted by Crippen LogP contribution is 2.20. The second-order valence-electron chi connectivity index (χ2n) is 4.85. The molecule has 0 fully saturated rings. The van der Waals surface area contributed by atoms with Gasteiger partial charge < -0.3 is 0 Å². The van der Waals surface area contributed by atoms with Crippen molar-refractivity contribution < 1.29 is 9.18 Å². The van der Waals surface area contributed by atoms with Crippen LogP contribution in [0.25, 0.3) is 5.78 Å². The molecule has 112 valence electrons. The molecule has 0 radical (unpaired) electrons. The highest BCUT2D eigenvalue weighted by molar-refractivity contribution is 7.99. The second-order valence-corrected chi connectivity index (χ2v) is 5.79. The van der Waals surface area contributed by atoms with Crippen molar-refractivity contribution in [1.82, 2.24) is 19.6 Å². The summed E-state index contributed by atoms with van der Waals surface area (Å²) in [6.45, 7) is 3.81. The first-order valence-corrected chi connectivity index (χ1v) is 7.65. The molecule has 3 aromatic rings. The number of fused-ring (bicyclic) bond motifs is 1. The topological polar surface area (TPSA) is 60.2 Å². The van der Waals surface area contributed by atoms with Crippen LogP contribution in [0.15, 0.2) is 35.5 Å². The fourth-order valence-electron chi connectivity index (χ4n) is 2.19. The van der Waals surface area contributed by atoms with Crippen LogP contribution in [0.1, 0.15) is 21.7 Å². The minimum Gasteiger partial charge on any atom is -0.293 e. The lowest BCUT2D eigenvalue weighted by Crippen LogP contribution is -2.06. The van der Waals surface area contributed by atoms with E-state index < -0.39 is 5.82 Å². The average molecular weight is 316 g/mol. The first kappa shape index (κ1) is 14.6. The number of ketones is 1. The molecule has 0 saturated carbocycles. The average Bonchev–Trinajstić information content (AvgIpc) is 2.88. The maximum absolute atomic E-state index is 13.6. The predicted molar refractivity (Wildman–Crippen MR) is 81.7 cm³/mol. The molecule has 0 atom stereocenters. The lowest BCUT2D eigenvalue weighted by Gasteiger charge is -2.04. The third kappa shape index (κ3) is 2.71. The highest BCUT2D eigenvalue weighted by atomic mass is 32.2. The van der Waals surface area contributed by atoms with E-state index in [1.54, 1.807) is 16.5 Å². The largest absolute Gasteiger partial charge is 0.293 e. The van der Waals surface area contributed by atoms with Crippen LogP contribution in [0.3, 0.4) is 0 Å². The number of halogens is 1. The maximum atomic E-state index is 13.6. The number of aryl methyl sites for hydroxylation is 2. The Morgan fingerprint density at radius 3 is 2.82 bits per heavy atom. The first-order valence-electron chi connectivity index (χ1n) is 6.66. The van der Waals surface area contributed by atoms with E-state index in [9.17, 15) is 9.18 Å². The summed E-state index contributed by atoms with van der Waals surface area (Å²) in [5, 5.41) is 8.63. The number of hydrogen-bond donors (Lipinski definition) is 0. The summed E-state index contributed by atoms with van der Waals surface area (Å²) in [7, 11) is 0. The van der Waals surface area contributed by atoms with Gasteiger partial charge in [0.2, 0.25) is 0 Å². The third-order valence-corrected chi connectivity index (χ3v) is 4.10. The molecule has 0 amide bonds. The number of benzene rings is 1. The highest BCUT2D eigenvalue weighted by Gasteiger charge is 2.15. The molecule has 0 aliphatic carbocycles. The van der Waals surface area contributed by atoms with Crippen molar-refractivity contribution in [2.45, 2.75) is 19.0 Å². The molecule has 0 aliphatic rings. The number of carbonyl (C=O) groups excluding carboxylic acids is 1. The summed E-state index contributed by atoms with van der Waals surface area (Å²) < 4.78 is 15.4. The van der Waals surface area contributed by atoms with Gasteiger partial charge in [-0.15, -0.1) is 10.2 Å². The Morgan fingerprint density at radius 2 is 2.05 bits per heavy atom. The Hall–Kier alpha value is -2.28. The molecule has 2 aromatic heterocycles. The van der Waals surface area contributed by atoms with E-state index in [-0.39, 0.29) is 17.1 Å². The molecule has 0 N–H and O–H groups in total. The van der Waals surface area contributed by atoms with E-state index in [1.165, 1.54) is 23.9 Å². The normalized spacial score (nSPS) is 11.0. The molecule has 2 heterocycles. The summed E-state index contributed by atoms with van der Waals surface area (Å²) in [4.78, 5) is 16.4. The maximum Gasteiger partial charge on any atom is 0.256 e. The fraction of sp³-hybridized carbons (Fsp3) is 0.200. The molecule has 0 saturated heterocycles. The van der Waals surface area contributed by atoms with E-state index in [1.807, 2.05) is 19.9 Å². The van der Waals surface area contributed by atoms with Gasteiger partial charge in [-0.25, -0.2) is 9.37 Å². The molecule has 5 nitrogen and oxygen atoms in total. The number of thioether (sulfide) groups is 1. The van der Waals surface area contributed by atoms with Crippen molar-refractivity contribution in [3.05, 3.63) is 53.1 Å². The second kappa shape index (κ2) is 5.84. The van der Waals surface area contributed by atoms with E-state index in [4.69, 9.17) is 0 Å². The Bertz CT molecular complexity index is 862. The zero-order valence-corrected chi connectivity index (χ0v) is 12.9. The number of rotatable bonds is 4. The smallest absolute Gasteiger partial charge is 0.256 e. The van der Waals surface area contributed by atoms with Crippen molar-refractivity contribution in [1.29, 1.82) is 0 Å². The van der Waals surface area contributed by atoms with Crippen LogP contribution >= 0.6 is 11.8 Å². The van der Waals surface area contributed by atoms with Gasteiger partial charge in [-0.05, 0) is 32.0 Å². The van der Waals surface area contributed by atoms with Crippen molar-refractivity contribution in [2.24, 2.45) is 0 Å². The van der Waals surface area contributed by atoms with Crippen LogP contribution in [0.5, 0.6) is 0 Å². The van der Waals surface area contributed by atoms with Gasteiger partial charge in [0.05, 0.1) is 11.3 Å². The molecule has 3 rings (SSSR count). The van der Waals surface area contributed by atoms with E-state index in [0.717, 1.165) is 11.4 Å². The van der Waals surface area contributed by atoms with Crippen LogP contribution in [-0.4, -0.2) is 31.1 Å². The SMILES string of the molecule is Cc1cc(C)n2c(SCC(=O)c3ccccc3F)nnc2n1. The molecule has 0 unspecified atom stereocenters. The number of Topliss-reactive ketones (excluding diaryl/α,β-unsaturated/α-hetero) is 1. The van der Waals surface area contributed by atoms with Crippen molar-refractivity contribution in [2.75, 3.05) is 5.75 Å². The van der Waals surface area contributed by atoms with E-state index in [2.05, 4.69) is 15.2 Å². The van der Waals surface area contributed by atoms with Gasteiger partial charge in [0.15, 0.2) is 10.9 Å². The van der Waals surface area contributed by atoms with Gasteiger partial charge in [0, 0.05) is 11.4 Å². The zero-order valence-electron chi connectivity index (χ0n) is 12.1. The van der Waals surface area contributed by atoms with Crippen molar-refractivity contribution in [3.8, 4) is 0 Å². The zero-order chi connectivity index (χ0) is 15.7. The fourth-order valence-corrected chi connectivity index (χ4v) is 3.06. The Morgan fingerprint density at radius 1 is 1.27 bits per heavy atom.